The predicted octanol–water partition coefficient (Wildman–Crippen LogP) is 3.76. The molecule has 4 rings (SSSR count). The average molecular weight is 542 g/mol. The molecule has 0 radical (unpaired) electrons. The number of nitrogens with one attached hydrogen (secondary N) is 2. The second-order valence-corrected chi connectivity index (χ2v) is 10.1. The van der Waals surface area contributed by atoms with E-state index in [1.165, 1.54) is 0 Å². The lowest BCUT2D eigenvalue weighted by Gasteiger charge is -2.27. The van der Waals surface area contributed by atoms with Crippen molar-refractivity contribution in [1.29, 1.82) is 0 Å². The van der Waals surface area contributed by atoms with Gasteiger partial charge in [-0.05, 0) is 18.2 Å². The normalized spacial score (nSPS) is 12.9. The summed E-state index contributed by atoms with van der Waals surface area (Å²) in [6.45, 7) is -4.42. The largest absolute Gasteiger partial charge is 0.325 e. The number of nitrogens with zero attached hydrogens (tertiary/aromatic N) is 4. The molecular formula is C22H19F5N6O3S. The number of alkyl halides is 2. The summed E-state index contributed by atoms with van der Waals surface area (Å²) >= 11 is 0. The Morgan fingerprint density at radius 1 is 1.16 bits per heavy atom. The second kappa shape index (κ2) is 9.80. The Labute approximate surface area is 208 Å². The van der Waals surface area contributed by atoms with Crippen molar-refractivity contribution in [3.05, 3.63) is 65.1 Å². The minimum absolute atomic E-state index is 0.0392. The van der Waals surface area contributed by atoms with E-state index in [4.69, 9.17) is 0 Å². The van der Waals surface area contributed by atoms with E-state index in [9.17, 15) is 35.2 Å². The van der Waals surface area contributed by atoms with Crippen LogP contribution < -0.4 is 19.8 Å². The van der Waals surface area contributed by atoms with Crippen molar-refractivity contribution >= 4 is 44.8 Å². The number of rotatable bonds is 8. The SMILES string of the molecule is CN(c1c(F)cc(F)cc1CN(c1nc(Nc2cccc3c2CC(=O)N3)ncc1F)C(F)F)S(C)(=O)=O. The van der Waals surface area contributed by atoms with Gasteiger partial charge in [0.1, 0.15) is 5.82 Å². The van der Waals surface area contributed by atoms with Crippen molar-refractivity contribution in [3.8, 4) is 0 Å². The lowest BCUT2D eigenvalue weighted by atomic mass is 10.1. The molecule has 9 nitrogen and oxygen atoms in total. The van der Waals surface area contributed by atoms with Gasteiger partial charge in [-0.3, -0.25) is 14.0 Å². The van der Waals surface area contributed by atoms with Crippen molar-refractivity contribution in [2.75, 3.05) is 33.1 Å². The molecular weight excluding hydrogens is 523 g/mol. The van der Waals surface area contributed by atoms with Crippen molar-refractivity contribution < 1.29 is 35.2 Å². The summed E-state index contributed by atoms with van der Waals surface area (Å²) in [5.41, 5.74) is 0.294. The van der Waals surface area contributed by atoms with Gasteiger partial charge in [-0.25, -0.2) is 26.6 Å². The quantitative estimate of drug-likeness (QED) is 0.330. The van der Waals surface area contributed by atoms with Gasteiger partial charge in [0.25, 0.3) is 0 Å². The molecule has 0 spiro atoms. The fourth-order valence-electron chi connectivity index (χ4n) is 3.78. The number of halogens is 5. The molecule has 2 aromatic carbocycles. The minimum Gasteiger partial charge on any atom is -0.325 e. The Morgan fingerprint density at radius 3 is 2.57 bits per heavy atom. The number of hydrogen-bond acceptors (Lipinski definition) is 7. The van der Waals surface area contributed by atoms with E-state index in [1.54, 1.807) is 18.2 Å². The van der Waals surface area contributed by atoms with Gasteiger partial charge in [-0.1, -0.05) is 6.07 Å². The number of amides is 1. The molecule has 1 amide bonds. The molecule has 0 atom stereocenters. The molecule has 3 aromatic rings. The Kier molecular flexibility index (Phi) is 6.90. The van der Waals surface area contributed by atoms with Crippen LogP contribution in [0.3, 0.4) is 0 Å². The first kappa shape index (κ1) is 26.1. The number of carbonyl (C=O) groups excluding carboxylic acids is 1. The molecule has 0 saturated heterocycles. The zero-order valence-corrected chi connectivity index (χ0v) is 20.1. The van der Waals surface area contributed by atoms with E-state index in [-0.39, 0.29) is 23.2 Å². The first-order valence-corrected chi connectivity index (χ1v) is 12.4. The summed E-state index contributed by atoms with van der Waals surface area (Å²) in [5.74, 6) is -5.20. The minimum atomic E-state index is -4.07. The van der Waals surface area contributed by atoms with Gasteiger partial charge >= 0.3 is 6.55 Å². The summed E-state index contributed by atoms with van der Waals surface area (Å²) in [5, 5.41) is 5.40. The summed E-state index contributed by atoms with van der Waals surface area (Å²) in [6.07, 6.45) is 1.41. The number of aromatic nitrogens is 2. The molecule has 1 aromatic heterocycles. The third-order valence-corrected chi connectivity index (χ3v) is 6.70. The Morgan fingerprint density at radius 2 is 1.89 bits per heavy atom. The van der Waals surface area contributed by atoms with E-state index in [0.717, 1.165) is 13.3 Å². The standard InChI is InChI=1S/C22H19F5N6O3S/c1-32(37(2,35)36)19-11(6-12(23)7-14(19)24)10-33(21(26)27)20-15(25)9-28-22(31-20)30-17-5-3-4-16-13(17)8-18(34)29-16/h3-7,9,21H,8,10H2,1-2H3,(H,29,34)(H,28,30,31). The number of hydrogen-bond donors (Lipinski definition) is 2. The highest BCUT2D eigenvalue weighted by atomic mass is 32.2. The molecule has 0 fully saturated rings. The molecule has 1 aliphatic rings. The molecule has 15 heteroatoms. The molecule has 196 valence electrons. The maximum Gasteiger partial charge on any atom is 0.316 e. The van der Waals surface area contributed by atoms with Crippen LogP contribution in [0.15, 0.2) is 36.5 Å². The van der Waals surface area contributed by atoms with E-state index in [2.05, 4.69) is 20.6 Å². The highest BCUT2D eigenvalue weighted by Crippen LogP contribution is 2.33. The van der Waals surface area contributed by atoms with Crippen LogP contribution in [0.4, 0.5) is 50.8 Å². The van der Waals surface area contributed by atoms with Crippen molar-refractivity contribution in [1.82, 2.24) is 9.97 Å². The number of anilines is 5. The van der Waals surface area contributed by atoms with Gasteiger partial charge in [0.2, 0.25) is 21.9 Å². The Balaban J connectivity index is 1.73. The van der Waals surface area contributed by atoms with Gasteiger partial charge in [-0.15, -0.1) is 0 Å². The Hall–Kier alpha value is -4.01. The molecule has 1 aliphatic heterocycles. The average Bonchev–Trinajstić information content (AvgIpc) is 3.18. The highest BCUT2D eigenvalue weighted by molar-refractivity contribution is 7.92. The Bertz CT molecular complexity index is 1490. The van der Waals surface area contributed by atoms with E-state index < -0.39 is 57.6 Å². The van der Waals surface area contributed by atoms with Gasteiger partial charge in [0.05, 0.1) is 31.1 Å². The van der Waals surface area contributed by atoms with E-state index >= 15 is 0 Å². The summed E-state index contributed by atoms with van der Waals surface area (Å²) in [7, 11) is -3.10. The number of sulfonamides is 1. The molecule has 0 aliphatic carbocycles. The van der Waals surface area contributed by atoms with Gasteiger partial charge in [-0.2, -0.15) is 13.8 Å². The topological polar surface area (TPSA) is 108 Å². The van der Waals surface area contributed by atoms with Crippen LogP contribution in [0, 0.1) is 17.5 Å². The van der Waals surface area contributed by atoms with E-state index in [0.29, 0.717) is 39.6 Å². The van der Waals surface area contributed by atoms with Crippen LogP contribution in [-0.4, -0.2) is 44.1 Å². The first-order chi connectivity index (χ1) is 17.3. The van der Waals surface area contributed by atoms with Crippen LogP contribution in [0.1, 0.15) is 11.1 Å². The number of carbonyl (C=O) groups is 1. The zero-order chi connectivity index (χ0) is 27.1. The zero-order valence-electron chi connectivity index (χ0n) is 19.3. The maximum absolute atomic E-state index is 14.7. The summed E-state index contributed by atoms with van der Waals surface area (Å²) < 4.78 is 95.9. The van der Waals surface area contributed by atoms with Crippen LogP contribution in [0.2, 0.25) is 0 Å². The van der Waals surface area contributed by atoms with E-state index in [1.807, 2.05) is 0 Å². The van der Waals surface area contributed by atoms with Gasteiger partial charge < -0.3 is 10.6 Å². The molecule has 2 heterocycles. The van der Waals surface area contributed by atoms with Crippen LogP contribution in [0.5, 0.6) is 0 Å². The summed E-state index contributed by atoms with van der Waals surface area (Å²) in [4.78, 5) is 19.4. The molecule has 2 N–H and O–H groups in total. The highest BCUT2D eigenvalue weighted by Gasteiger charge is 2.28. The number of benzene rings is 2. The van der Waals surface area contributed by atoms with Gasteiger partial charge in [0.15, 0.2) is 17.5 Å². The van der Waals surface area contributed by atoms with Gasteiger partial charge in [0, 0.05) is 35.6 Å². The lowest BCUT2D eigenvalue weighted by Crippen LogP contribution is -2.33. The van der Waals surface area contributed by atoms with Crippen LogP contribution in [0.25, 0.3) is 0 Å². The third-order valence-electron chi connectivity index (χ3n) is 5.53. The fraction of sp³-hybridized carbons (Fsp3) is 0.227. The monoisotopic (exact) mass is 542 g/mol. The predicted molar refractivity (Wildman–Crippen MR) is 126 cm³/mol. The molecule has 37 heavy (non-hydrogen) atoms. The first-order valence-electron chi connectivity index (χ1n) is 10.5. The molecule has 0 unspecified atom stereocenters. The third kappa shape index (κ3) is 5.40. The smallest absolute Gasteiger partial charge is 0.316 e. The van der Waals surface area contributed by atoms with Crippen LogP contribution >= 0.6 is 0 Å². The maximum atomic E-state index is 14.7. The van der Waals surface area contributed by atoms with Crippen molar-refractivity contribution in [3.63, 3.8) is 0 Å². The second-order valence-electron chi connectivity index (χ2n) is 8.08. The molecule has 0 saturated carbocycles. The summed E-state index contributed by atoms with van der Waals surface area (Å²) in [6, 6.07) is 5.92. The lowest BCUT2D eigenvalue weighted by molar-refractivity contribution is -0.115. The van der Waals surface area contributed by atoms with Crippen molar-refractivity contribution in [2.45, 2.75) is 19.5 Å². The fourth-order valence-corrected chi connectivity index (χ4v) is 4.32. The van der Waals surface area contributed by atoms with Crippen LogP contribution in [-0.2, 0) is 27.8 Å². The molecule has 0 bridgehead atoms. The van der Waals surface area contributed by atoms with Crippen molar-refractivity contribution in [2.24, 2.45) is 0 Å². The number of fused-ring (bicyclic) bond motifs is 1.